The van der Waals surface area contributed by atoms with E-state index in [2.05, 4.69) is 9.97 Å². The first kappa shape index (κ1) is 11.0. The Bertz CT molecular complexity index is 494. The zero-order valence-corrected chi connectivity index (χ0v) is 9.50. The second-order valence-corrected chi connectivity index (χ2v) is 3.94. The molecule has 1 aromatic carbocycles. The van der Waals surface area contributed by atoms with Crippen LogP contribution in [0.3, 0.4) is 0 Å². The van der Waals surface area contributed by atoms with Gasteiger partial charge in [-0.2, -0.15) is 0 Å². The van der Waals surface area contributed by atoms with Crippen molar-refractivity contribution in [1.82, 2.24) is 9.97 Å². The SMILES string of the molecule is Cc1cc(Cl)nc(Cc2cccc(F)c2)n1. The number of hydrogen-bond donors (Lipinski definition) is 0. The molecule has 2 rings (SSSR count). The van der Waals surface area contributed by atoms with Gasteiger partial charge in [-0.05, 0) is 30.7 Å². The van der Waals surface area contributed by atoms with Gasteiger partial charge in [-0.3, -0.25) is 0 Å². The molecule has 0 amide bonds. The summed E-state index contributed by atoms with van der Waals surface area (Å²) in [7, 11) is 0. The molecule has 4 heteroatoms. The predicted octanol–water partition coefficient (Wildman–Crippen LogP) is 3.17. The zero-order chi connectivity index (χ0) is 11.5. The van der Waals surface area contributed by atoms with Gasteiger partial charge in [0.05, 0.1) is 0 Å². The van der Waals surface area contributed by atoms with Crippen molar-refractivity contribution in [2.75, 3.05) is 0 Å². The first-order valence-electron chi connectivity index (χ1n) is 4.88. The summed E-state index contributed by atoms with van der Waals surface area (Å²) in [5.41, 5.74) is 1.65. The van der Waals surface area contributed by atoms with Gasteiger partial charge in [0.2, 0.25) is 0 Å². The van der Waals surface area contributed by atoms with Crippen LogP contribution >= 0.6 is 11.6 Å². The van der Waals surface area contributed by atoms with Crippen LogP contribution in [-0.4, -0.2) is 9.97 Å². The van der Waals surface area contributed by atoms with Crippen molar-refractivity contribution in [1.29, 1.82) is 0 Å². The van der Waals surface area contributed by atoms with E-state index in [1.54, 1.807) is 12.1 Å². The zero-order valence-electron chi connectivity index (χ0n) is 8.74. The van der Waals surface area contributed by atoms with Crippen molar-refractivity contribution in [3.8, 4) is 0 Å². The average Bonchev–Trinajstić information content (AvgIpc) is 2.15. The van der Waals surface area contributed by atoms with E-state index in [0.717, 1.165) is 11.3 Å². The van der Waals surface area contributed by atoms with E-state index >= 15 is 0 Å². The summed E-state index contributed by atoms with van der Waals surface area (Å²) in [4.78, 5) is 8.33. The van der Waals surface area contributed by atoms with E-state index in [9.17, 15) is 4.39 Å². The summed E-state index contributed by atoms with van der Waals surface area (Å²) < 4.78 is 13.0. The van der Waals surface area contributed by atoms with Gasteiger partial charge >= 0.3 is 0 Å². The second kappa shape index (κ2) is 4.58. The van der Waals surface area contributed by atoms with Gasteiger partial charge in [0, 0.05) is 12.1 Å². The third-order valence-corrected chi connectivity index (χ3v) is 2.31. The monoisotopic (exact) mass is 236 g/mol. The largest absolute Gasteiger partial charge is 0.238 e. The first-order valence-corrected chi connectivity index (χ1v) is 5.26. The fourth-order valence-corrected chi connectivity index (χ4v) is 1.75. The average molecular weight is 237 g/mol. The quantitative estimate of drug-likeness (QED) is 0.749. The van der Waals surface area contributed by atoms with E-state index in [1.807, 2.05) is 13.0 Å². The molecule has 0 radical (unpaired) electrons. The van der Waals surface area contributed by atoms with Crippen molar-refractivity contribution < 1.29 is 4.39 Å². The van der Waals surface area contributed by atoms with Gasteiger partial charge < -0.3 is 0 Å². The summed E-state index contributed by atoms with van der Waals surface area (Å²) in [6.07, 6.45) is 0.485. The molecule has 0 saturated carbocycles. The van der Waals surface area contributed by atoms with Crippen molar-refractivity contribution in [2.45, 2.75) is 13.3 Å². The maximum atomic E-state index is 13.0. The van der Waals surface area contributed by atoms with E-state index in [0.29, 0.717) is 17.4 Å². The highest BCUT2D eigenvalue weighted by Gasteiger charge is 2.03. The molecular weight excluding hydrogens is 227 g/mol. The van der Waals surface area contributed by atoms with Crippen LogP contribution in [0.15, 0.2) is 30.3 Å². The van der Waals surface area contributed by atoms with Crippen LogP contribution in [0, 0.1) is 12.7 Å². The number of aryl methyl sites for hydroxylation is 1. The minimum atomic E-state index is -0.253. The number of benzene rings is 1. The van der Waals surface area contributed by atoms with Crippen LogP contribution in [0.25, 0.3) is 0 Å². The van der Waals surface area contributed by atoms with Gasteiger partial charge in [-0.1, -0.05) is 23.7 Å². The molecule has 1 heterocycles. The Hall–Kier alpha value is -1.48. The maximum Gasteiger partial charge on any atom is 0.134 e. The number of hydrogen-bond acceptors (Lipinski definition) is 2. The fourth-order valence-electron chi connectivity index (χ4n) is 1.50. The highest BCUT2D eigenvalue weighted by Crippen LogP contribution is 2.11. The molecule has 0 fully saturated rings. The van der Waals surface area contributed by atoms with Gasteiger partial charge in [-0.25, -0.2) is 14.4 Å². The number of halogens is 2. The van der Waals surface area contributed by atoms with Gasteiger partial charge in [0.1, 0.15) is 16.8 Å². The number of nitrogens with zero attached hydrogens (tertiary/aromatic N) is 2. The summed E-state index contributed by atoms with van der Waals surface area (Å²) in [5.74, 6) is 0.354. The molecule has 2 nitrogen and oxygen atoms in total. The van der Waals surface area contributed by atoms with Gasteiger partial charge in [-0.15, -0.1) is 0 Å². The minimum absolute atomic E-state index is 0.253. The third-order valence-electron chi connectivity index (χ3n) is 2.12. The Kier molecular flexibility index (Phi) is 3.15. The van der Waals surface area contributed by atoms with Crippen molar-refractivity contribution >= 4 is 11.6 Å². The summed E-state index contributed by atoms with van der Waals surface area (Å²) in [6.45, 7) is 1.85. The molecule has 16 heavy (non-hydrogen) atoms. The van der Waals surface area contributed by atoms with Crippen molar-refractivity contribution in [3.05, 3.63) is 58.4 Å². The lowest BCUT2D eigenvalue weighted by atomic mass is 10.1. The molecule has 1 aromatic heterocycles. The Morgan fingerprint density at radius 1 is 1.25 bits per heavy atom. The Balaban J connectivity index is 2.27. The Morgan fingerprint density at radius 3 is 2.75 bits per heavy atom. The lowest BCUT2D eigenvalue weighted by molar-refractivity contribution is 0.625. The van der Waals surface area contributed by atoms with Crippen molar-refractivity contribution in [3.63, 3.8) is 0 Å². The van der Waals surface area contributed by atoms with Crippen LogP contribution < -0.4 is 0 Å². The Labute approximate surface area is 98.1 Å². The molecule has 0 aliphatic heterocycles. The maximum absolute atomic E-state index is 13.0. The number of aromatic nitrogens is 2. The standard InChI is InChI=1S/C12H10ClFN2/c1-8-5-11(13)16-12(15-8)7-9-3-2-4-10(14)6-9/h2-6H,7H2,1H3. The fraction of sp³-hybridized carbons (Fsp3) is 0.167. The van der Waals surface area contributed by atoms with Gasteiger partial charge in [0.25, 0.3) is 0 Å². The van der Waals surface area contributed by atoms with Crippen LogP contribution in [0.5, 0.6) is 0 Å². The first-order chi connectivity index (χ1) is 7.63. The smallest absolute Gasteiger partial charge is 0.134 e. The molecule has 0 N–H and O–H groups in total. The highest BCUT2D eigenvalue weighted by molar-refractivity contribution is 6.29. The third kappa shape index (κ3) is 2.76. The van der Waals surface area contributed by atoms with Crippen LogP contribution in [-0.2, 0) is 6.42 Å². The normalized spacial score (nSPS) is 10.4. The summed E-state index contributed by atoms with van der Waals surface area (Å²) in [5, 5.41) is 0.416. The van der Waals surface area contributed by atoms with E-state index in [4.69, 9.17) is 11.6 Å². The van der Waals surface area contributed by atoms with Crippen molar-refractivity contribution in [2.24, 2.45) is 0 Å². The molecule has 0 unspecified atom stereocenters. The molecule has 2 aromatic rings. The Morgan fingerprint density at radius 2 is 2.06 bits per heavy atom. The lowest BCUT2D eigenvalue weighted by Crippen LogP contribution is -1.98. The second-order valence-electron chi connectivity index (χ2n) is 3.55. The minimum Gasteiger partial charge on any atom is -0.238 e. The number of rotatable bonds is 2. The predicted molar refractivity (Wildman–Crippen MR) is 61.0 cm³/mol. The van der Waals surface area contributed by atoms with Crippen LogP contribution in [0.1, 0.15) is 17.1 Å². The molecular formula is C12H10ClFN2. The lowest BCUT2D eigenvalue weighted by Gasteiger charge is -2.02. The molecule has 82 valence electrons. The van der Waals surface area contributed by atoms with E-state index < -0.39 is 0 Å². The van der Waals surface area contributed by atoms with E-state index in [1.165, 1.54) is 12.1 Å². The summed E-state index contributed by atoms with van der Waals surface area (Å²) >= 11 is 5.82. The van der Waals surface area contributed by atoms with Crippen LogP contribution in [0.4, 0.5) is 4.39 Å². The van der Waals surface area contributed by atoms with E-state index in [-0.39, 0.29) is 5.82 Å². The molecule has 0 spiro atoms. The topological polar surface area (TPSA) is 25.8 Å². The molecule has 0 aliphatic rings. The molecule has 0 atom stereocenters. The van der Waals surface area contributed by atoms with Crippen LogP contribution in [0.2, 0.25) is 5.15 Å². The molecule has 0 aliphatic carbocycles. The van der Waals surface area contributed by atoms with Gasteiger partial charge in [0.15, 0.2) is 0 Å². The summed E-state index contributed by atoms with van der Waals surface area (Å²) in [6, 6.07) is 8.08. The highest BCUT2D eigenvalue weighted by atomic mass is 35.5. The molecule has 0 saturated heterocycles. The molecule has 0 bridgehead atoms.